The van der Waals surface area contributed by atoms with Gasteiger partial charge >= 0.3 is 0 Å². The van der Waals surface area contributed by atoms with Gasteiger partial charge < -0.3 is 5.32 Å². The minimum atomic E-state index is 0.478. The smallest absolute Gasteiger partial charge is 0.0297 e. The third-order valence-electron chi connectivity index (χ3n) is 3.98. The van der Waals surface area contributed by atoms with E-state index in [4.69, 9.17) is 0 Å². The summed E-state index contributed by atoms with van der Waals surface area (Å²) in [6.45, 7) is 6.86. The Balaban J connectivity index is 2.03. The Hall–Kier alpha value is -0.820. The van der Waals surface area contributed by atoms with E-state index >= 15 is 0 Å². The summed E-state index contributed by atoms with van der Waals surface area (Å²) in [5, 5.41) is 3.79. The Morgan fingerprint density at radius 3 is 2.62 bits per heavy atom. The molecule has 3 unspecified atom stereocenters. The molecular formula is C15H23N. The van der Waals surface area contributed by atoms with Crippen LogP contribution in [0.2, 0.25) is 0 Å². The fourth-order valence-electron chi connectivity index (χ4n) is 2.88. The van der Waals surface area contributed by atoms with Crippen molar-refractivity contribution in [3.8, 4) is 0 Å². The molecule has 0 heterocycles. The maximum atomic E-state index is 3.79. The first-order chi connectivity index (χ1) is 7.68. The van der Waals surface area contributed by atoms with Crippen molar-refractivity contribution in [3.63, 3.8) is 0 Å². The number of benzene rings is 1. The standard InChI is InChI=1S/C15H23N/c1-11-7-4-5-9-14(11)13(3)16-15-10-6-8-12(15)2/h4-5,7,9,12-13,15-16H,6,8,10H2,1-3H3. The van der Waals surface area contributed by atoms with Crippen molar-refractivity contribution < 1.29 is 0 Å². The Morgan fingerprint density at radius 1 is 1.25 bits per heavy atom. The molecule has 1 N–H and O–H groups in total. The van der Waals surface area contributed by atoms with Gasteiger partial charge in [0, 0.05) is 12.1 Å². The van der Waals surface area contributed by atoms with E-state index in [9.17, 15) is 0 Å². The largest absolute Gasteiger partial charge is 0.307 e. The lowest BCUT2D eigenvalue weighted by atomic mass is 9.99. The zero-order valence-corrected chi connectivity index (χ0v) is 10.7. The van der Waals surface area contributed by atoms with Gasteiger partial charge in [-0.25, -0.2) is 0 Å². The van der Waals surface area contributed by atoms with Crippen LogP contribution in [0.25, 0.3) is 0 Å². The summed E-state index contributed by atoms with van der Waals surface area (Å²) in [6.07, 6.45) is 4.12. The van der Waals surface area contributed by atoms with Gasteiger partial charge in [-0.3, -0.25) is 0 Å². The molecule has 1 heteroatoms. The van der Waals surface area contributed by atoms with Gasteiger partial charge in [0.15, 0.2) is 0 Å². The highest BCUT2D eigenvalue weighted by Gasteiger charge is 2.24. The number of hydrogen-bond acceptors (Lipinski definition) is 1. The van der Waals surface area contributed by atoms with Crippen molar-refractivity contribution in [1.82, 2.24) is 5.32 Å². The van der Waals surface area contributed by atoms with Crippen molar-refractivity contribution in [2.45, 2.75) is 52.1 Å². The molecule has 1 aliphatic carbocycles. The van der Waals surface area contributed by atoms with E-state index < -0.39 is 0 Å². The van der Waals surface area contributed by atoms with E-state index in [-0.39, 0.29) is 0 Å². The highest BCUT2D eigenvalue weighted by Crippen LogP contribution is 2.27. The average Bonchev–Trinajstić information content (AvgIpc) is 2.65. The van der Waals surface area contributed by atoms with Gasteiger partial charge in [-0.1, -0.05) is 37.6 Å². The Labute approximate surface area is 99.3 Å². The topological polar surface area (TPSA) is 12.0 Å². The third kappa shape index (κ3) is 2.46. The van der Waals surface area contributed by atoms with Crippen molar-refractivity contribution >= 4 is 0 Å². The highest BCUT2D eigenvalue weighted by atomic mass is 15.0. The van der Waals surface area contributed by atoms with Crippen LogP contribution in [0.3, 0.4) is 0 Å². The van der Waals surface area contributed by atoms with Crippen molar-refractivity contribution in [2.75, 3.05) is 0 Å². The molecule has 1 saturated carbocycles. The van der Waals surface area contributed by atoms with E-state index in [1.807, 2.05) is 0 Å². The van der Waals surface area contributed by atoms with E-state index in [0.717, 1.165) is 12.0 Å². The molecular weight excluding hydrogens is 194 g/mol. The molecule has 16 heavy (non-hydrogen) atoms. The predicted molar refractivity (Wildman–Crippen MR) is 69.5 cm³/mol. The summed E-state index contributed by atoms with van der Waals surface area (Å²) in [5.41, 5.74) is 2.84. The molecule has 0 radical (unpaired) electrons. The van der Waals surface area contributed by atoms with Crippen LogP contribution in [0.5, 0.6) is 0 Å². The fourth-order valence-corrected chi connectivity index (χ4v) is 2.88. The second-order valence-electron chi connectivity index (χ2n) is 5.26. The van der Waals surface area contributed by atoms with Crippen LogP contribution < -0.4 is 5.32 Å². The van der Waals surface area contributed by atoms with Gasteiger partial charge in [0.25, 0.3) is 0 Å². The first-order valence-electron chi connectivity index (χ1n) is 6.50. The Bertz CT molecular complexity index is 345. The maximum absolute atomic E-state index is 3.79. The maximum Gasteiger partial charge on any atom is 0.0297 e. The number of aryl methyl sites for hydroxylation is 1. The van der Waals surface area contributed by atoms with E-state index in [2.05, 4.69) is 50.4 Å². The summed E-state index contributed by atoms with van der Waals surface area (Å²) in [7, 11) is 0. The van der Waals surface area contributed by atoms with Crippen molar-refractivity contribution in [3.05, 3.63) is 35.4 Å². The lowest BCUT2D eigenvalue weighted by molar-refractivity contribution is 0.388. The first-order valence-corrected chi connectivity index (χ1v) is 6.50. The average molecular weight is 217 g/mol. The number of nitrogens with one attached hydrogen (secondary N) is 1. The van der Waals surface area contributed by atoms with E-state index in [1.54, 1.807) is 0 Å². The molecule has 1 fully saturated rings. The molecule has 3 atom stereocenters. The molecule has 88 valence electrons. The fraction of sp³-hybridized carbons (Fsp3) is 0.600. The first kappa shape index (κ1) is 11.7. The highest BCUT2D eigenvalue weighted by molar-refractivity contribution is 5.28. The van der Waals surface area contributed by atoms with Crippen LogP contribution >= 0.6 is 0 Å². The molecule has 0 aliphatic heterocycles. The molecule has 1 nitrogen and oxygen atoms in total. The van der Waals surface area contributed by atoms with Crippen LogP contribution in [0.4, 0.5) is 0 Å². The summed E-state index contributed by atoms with van der Waals surface area (Å²) < 4.78 is 0. The lowest BCUT2D eigenvalue weighted by Crippen LogP contribution is -2.33. The molecule has 0 saturated heterocycles. The quantitative estimate of drug-likeness (QED) is 0.811. The Kier molecular flexibility index (Phi) is 3.65. The second-order valence-corrected chi connectivity index (χ2v) is 5.26. The van der Waals surface area contributed by atoms with E-state index in [1.165, 1.54) is 30.4 Å². The van der Waals surface area contributed by atoms with Crippen LogP contribution in [0.1, 0.15) is 50.3 Å². The van der Waals surface area contributed by atoms with Crippen molar-refractivity contribution in [2.24, 2.45) is 5.92 Å². The van der Waals surface area contributed by atoms with Crippen LogP contribution in [-0.4, -0.2) is 6.04 Å². The minimum absolute atomic E-state index is 0.478. The molecule has 2 rings (SSSR count). The van der Waals surface area contributed by atoms with E-state index in [0.29, 0.717) is 6.04 Å². The van der Waals surface area contributed by atoms with Gasteiger partial charge in [-0.05, 0) is 43.7 Å². The Morgan fingerprint density at radius 2 is 2.00 bits per heavy atom. The van der Waals surface area contributed by atoms with Gasteiger partial charge in [0.05, 0.1) is 0 Å². The van der Waals surface area contributed by atoms with Crippen LogP contribution in [0, 0.1) is 12.8 Å². The monoisotopic (exact) mass is 217 g/mol. The number of hydrogen-bond donors (Lipinski definition) is 1. The zero-order valence-electron chi connectivity index (χ0n) is 10.7. The normalized spacial score (nSPS) is 26.9. The molecule has 0 aromatic heterocycles. The van der Waals surface area contributed by atoms with Gasteiger partial charge in [-0.2, -0.15) is 0 Å². The zero-order chi connectivity index (χ0) is 11.5. The van der Waals surface area contributed by atoms with Gasteiger partial charge in [-0.15, -0.1) is 0 Å². The molecule has 0 spiro atoms. The van der Waals surface area contributed by atoms with Crippen LogP contribution in [0.15, 0.2) is 24.3 Å². The SMILES string of the molecule is Cc1ccccc1C(C)NC1CCCC1C. The van der Waals surface area contributed by atoms with Gasteiger partial charge in [0.1, 0.15) is 0 Å². The second kappa shape index (κ2) is 5.01. The van der Waals surface area contributed by atoms with Gasteiger partial charge in [0.2, 0.25) is 0 Å². The predicted octanol–water partition coefficient (Wildman–Crippen LogP) is 3.83. The minimum Gasteiger partial charge on any atom is -0.307 e. The summed E-state index contributed by atoms with van der Waals surface area (Å²) in [5.74, 6) is 0.839. The molecule has 0 bridgehead atoms. The van der Waals surface area contributed by atoms with Crippen molar-refractivity contribution in [1.29, 1.82) is 0 Å². The lowest BCUT2D eigenvalue weighted by Gasteiger charge is -2.24. The third-order valence-corrected chi connectivity index (χ3v) is 3.98. The number of rotatable bonds is 3. The molecule has 0 amide bonds. The molecule has 1 aliphatic rings. The molecule has 1 aromatic rings. The summed E-state index contributed by atoms with van der Waals surface area (Å²) in [6, 6.07) is 9.89. The molecule has 1 aromatic carbocycles. The summed E-state index contributed by atoms with van der Waals surface area (Å²) in [4.78, 5) is 0. The summed E-state index contributed by atoms with van der Waals surface area (Å²) >= 11 is 0. The van der Waals surface area contributed by atoms with Crippen LogP contribution in [-0.2, 0) is 0 Å².